The zero-order chi connectivity index (χ0) is 13.8. The first-order chi connectivity index (χ1) is 9.04. The molecule has 2 aromatic heterocycles. The number of furan rings is 1. The van der Waals surface area contributed by atoms with E-state index in [-0.39, 0.29) is 5.95 Å². The van der Waals surface area contributed by atoms with Gasteiger partial charge in [-0.1, -0.05) is 0 Å². The minimum Gasteiger partial charge on any atom is -0.469 e. The van der Waals surface area contributed by atoms with Crippen molar-refractivity contribution >= 4 is 17.8 Å². The summed E-state index contributed by atoms with van der Waals surface area (Å²) in [6.45, 7) is 2.63. The highest BCUT2D eigenvalue weighted by Gasteiger charge is 2.06. The summed E-state index contributed by atoms with van der Waals surface area (Å²) in [5.41, 5.74) is 6.78. The zero-order valence-electron chi connectivity index (χ0n) is 11.3. The maximum atomic E-state index is 5.64. The summed E-state index contributed by atoms with van der Waals surface area (Å²) >= 11 is 0. The molecule has 0 unspecified atom stereocenters. The highest BCUT2D eigenvalue weighted by atomic mass is 16.3. The van der Waals surface area contributed by atoms with Crippen LogP contribution in [0.4, 0.5) is 17.8 Å². The molecule has 2 aromatic rings. The lowest BCUT2D eigenvalue weighted by Crippen LogP contribution is -2.17. The van der Waals surface area contributed by atoms with Gasteiger partial charge in [-0.25, -0.2) is 0 Å². The molecule has 0 saturated carbocycles. The highest BCUT2D eigenvalue weighted by Crippen LogP contribution is 2.10. The fourth-order valence-electron chi connectivity index (χ4n) is 1.61. The number of nitrogen functional groups attached to an aromatic ring is 1. The van der Waals surface area contributed by atoms with Crippen LogP contribution in [0.3, 0.4) is 0 Å². The molecule has 0 saturated heterocycles. The van der Waals surface area contributed by atoms with Crippen LogP contribution in [-0.4, -0.2) is 35.6 Å². The van der Waals surface area contributed by atoms with E-state index >= 15 is 0 Å². The van der Waals surface area contributed by atoms with Crippen LogP contribution in [0.2, 0.25) is 0 Å². The van der Waals surface area contributed by atoms with Gasteiger partial charge in [0, 0.05) is 20.6 Å². The molecule has 7 nitrogen and oxygen atoms in total. The van der Waals surface area contributed by atoms with Crippen LogP contribution >= 0.6 is 0 Å². The Balaban J connectivity index is 1.95. The van der Waals surface area contributed by atoms with E-state index in [0.29, 0.717) is 18.4 Å². The Morgan fingerprint density at radius 3 is 2.74 bits per heavy atom. The van der Waals surface area contributed by atoms with Gasteiger partial charge in [-0.05, 0) is 25.0 Å². The van der Waals surface area contributed by atoms with Gasteiger partial charge in [0.05, 0.1) is 6.26 Å². The van der Waals surface area contributed by atoms with E-state index in [0.717, 1.165) is 17.7 Å². The smallest absolute Gasteiger partial charge is 0.231 e. The Bertz CT molecular complexity index is 551. The van der Waals surface area contributed by atoms with E-state index in [4.69, 9.17) is 10.2 Å². The summed E-state index contributed by atoms with van der Waals surface area (Å²) in [7, 11) is 3.71. The molecule has 0 atom stereocenters. The molecule has 0 aromatic carbocycles. The van der Waals surface area contributed by atoms with E-state index in [9.17, 15) is 0 Å². The number of nitrogens with zero attached hydrogens (tertiary/aromatic N) is 4. The standard InChI is InChI=1S/C12H18N6O/c1-8-6-9(7-19-8)4-5-14-11-15-10(13)16-12(17-11)18(2)3/h6-7H,4-5H2,1-3H3,(H3,13,14,15,16,17). The summed E-state index contributed by atoms with van der Waals surface area (Å²) in [5.74, 6) is 2.14. The average Bonchev–Trinajstić information content (AvgIpc) is 2.74. The summed E-state index contributed by atoms with van der Waals surface area (Å²) in [4.78, 5) is 14.1. The molecular formula is C12H18N6O. The number of nitrogens with one attached hydrogen (secondary N) is 1. The Labute approximate surface area is 111 Å². The molecule has 0 aliphatic carbocycles. The second-order valence-electron chi connectivity index (χ2n) is 4.45. The largest absolute Gasteiger partial charge is 0.469 e. The van der Waals surface area contributed by atoms with Gasteiger partial charge in [-0.3, -0.25) is 0 Å². The molecule has 2 heterocycles. The Kier molecular flexibility index (Phi) is 3.84. The number of anilines is 3. The van der Waals surface area contributed by atoms with Crippen LogP contribution in [0.15, 0.2) is 16.7 Å². The number of hydrogen-bond acceptors (Lipinski definition) is 7. The lowest BCUT2D eigenvalue weighted by atomic mass is 10.2. The number of hydrogen-bond donors (Lipinski definition) is 2. The van der Waals surface area contributed by atoms with E-state index < -0.39 is 0 Å². The normalized spacial score (nSPS) is 10.5. The highest BCUT2D eigenvalue weighted by molar-refractivity contribution is 5.40. The van der Waals surface area contributed by atoms with Gasteiger partial charge >= 0.3 is 0 Å². The molecule has 0 spiro atoms. The molecule has 3 N–H and O–H groups in total. The number of rotatable bonds is 5. The fraction of sp³-hybridized carbons (Fsp3) is 0.417. The second kappa shape index (κ2) is 5.55. The third-order valence-electron chi connectivity index (χ3n) is 2.52. The van der Waals surface area contributed by atoms with Crippen molar-refractivity contribution in [3.8, 4) is 0 Å². The lowest BCUT2D eigenvalue weighted by Gasteiger charge is -2.11. The quantitative estimate of drug-likeness (QED) is 0.832. The average molecular weight is 262 g/mol. The molecule has 0 bridgehead atoms. The van der Waals surface area contributed by atoms with Crippen LogP contribution in [0.1, 0.15) is 11.3 Å². The van der Waals surface area contributed by atoms with Crippen LogP contribution in [0.5, 0.6) is 0 Å². The van der Waals surface area contributed by atoms with Gasteiger partial charge in [0.25, 0.3) is 0 Å². The van der Waals surface area contributed by atoms with Crippen molar-refractivity contribution in [3.05, 3.63) is 23.7 Å². The lowest BCUT2D eigenvalue weighted by molar-refractivity contribution is 0.532. The molecule has 0 fully saturated rings. The van der Waals surface area contributed by atoms with Gasteiger partial charge < -0.3 is 20.4 Å². The summed E-state index contributed by atoms with van der Waals surface area (Å²) in [6.07, 6.45) is 2.59. The SMILES string of the molecule is Cc1cc(CCNc2nc(N)nc(N(C)C)n2)co1. The van der Waals surface area contributed by atoms with Crippen molar-refractivity contribution in [2.45, 2.75) is 13.3 Å². The van der Waals surface area contributed by atoms with E-state index in [1.54, 1.807) is 11.2 Å². The number of nitrogens with two attached hydrogens (primary N) is 1. The zero-order valence-corrected chi connectivity index (χ0v) is 11.3. The topological polar surface area (TPSA) is 93.1 Å². The third kappa shape index (κ3) is 3.57. The molecule has 0 amide bonds. The molecule has 0 aliphatic heterocycles. The van der Waals surface area contributed by atoms with Gasteiger partial charge in [0.2, 0.25) is 17.8 Å². The monoisotopic (exact) mass is 262 g/mol. The molecule has 0 radical (unpaired) electrons. The van der Waals surface area contributed by atoms with E-state index in [1.165, 1.54) is 0 Å². The molecular weight excluding hydrogens is 244 g/mol. The molecule has 0 aliphatic rings. The van der Waals surface area contributed by atoms with Gasteiger partial charge in [0.1, 0.15) is 5.76 Å². The molecule has 2 rings (SSSR count). The van der Waals surface area contributed by atoms with Crippen LogP contribution in [0.25, 0.3) is 0 Å². The van der Waals surface area contributed by atoms with Crippen LogP contribution in [-0.2, 0) is 6.42 Å². The first kappa shape index (κ1) is 13.1. The first-order valence-electron chi connectivity index (χ1n) is 6.01. The van der Waals surface area contributed by atoms with E-state index in [2.05, 4.69) is 20.3 Å². The molecule has 19 heavy (non-hydrogen) atoms. The summed E-state index contributed by atoms with van der Waals surface area (Å²) in [5, 5.41) is 3.13. The second-order valence-corrected chi connectivity index (χ2v) is 4.45. The molecule has 102 valence electrons. The number of aryl methyl sites for hydroxylation is 1. The predicted molar refractivity (Wildman–Crippen MR) is 74.2 cm³/mol. The Morgan fingerprint density at radius 2 is 2.11 bits per heavy atom. The van der Waals surface area contributed by atoms with Crippen molar-refractivity contribution in [2.75, 3.05) is 36.6 Å². The van der Waals surface area contributed by atoms with Crippen molar-refractivity contribution < 1.29 is 4.42 Å². The maximum absolute atomic E-state index is 5.64. The van der Waals surface area contributed by atoms with Gasteiger partial charge in [0.15, 0.2) is 0 Å². The van der Waals surface area contributed by atoms with Gasteiger partial charge in [-0.15, -0.1) is 0 Å². The predicted octanol–water partition coefficient (Wildman–Crippen LogP) is 1.08. The van der Waals surface area contributed by atoms with Crippen molar-refractivity contribution in [1.82, 2.24) is 15.0 Å². The van der Waals surface area contributed by atoms with Gasteiger partial charge in [-0.2, -0.15) is 15.0 Å². The third-order valence-corrected chi connectivity index (χ3v) is 2.52. The van der Waals surface area contributed by atoms with Crippen molar-refractivity contribution in [2.24, 2.45) is 0 Å². The number of aromatic nitrogens is 3. The summed E-state index contributed by atoms with van der Waals surface area (Å²) < 4.78 is 5.24. The minimum absolute atomic E-state index is 0.209. The Hall–Kier alpha value is -2.31. The maximum Gasteiger partial charge on any atom is 0.231 e. The van der Waals surface area contributed by atoms with Crippen LogP contribution < -0.4 is 16.0 Å². The van der Waals surface area contributed by atoms with Crippen LogP contribution in [0, 0.1) is 6.92 Å². The Morgan fingerprint density at radius 1 is 1.32 bits per heavy atom. The van der Waals surface area contributed by atoms with E-state index in [1.807, 2.05) is 27.1 Å². The minimum atomic E-state index is 0.209. The summed E-state index contributed by atoms with van der Waals surface area (Å²) in [6, 6.07) is 2.01. The van der Waals surface area contributed by atoms with Crippen molar-refractivity contribution in [3.63, 3.8) is 0 Å². The first-order valence-corrected chi connectivity index (χ1v) is 6.01. The molecule has 7 heteroatoms. The van der Waals surface area contributed by atoms with Crippen molar-refractivity contribution in [1.29, 1.82) is 0 Å². The fourth-order valence-corrected chi connectivity index (χ4v) is 1.61.